The number of aliphatic hydroxyl groups excluding tert-OH is 1. The smallest absolute Gasteiger partial charge is 0.305 e. The van der Waals surface area contributed by atoms with Gasteiger partial charge >= 0.3 is 5.97 Å². The number of aliphatic hydroxyl groups is 1. The van der Waals surface area contributed by atoms with Gasteiger partial charge in [0.25, 0.3) is 5.54 Å². The Bertz CT molecular complexity index is 218. The Hall–Kier alpha value is -1.21. The molecule has 0 aliphatic carbocycles. The fourth-order valence-electron chi connectivity index (χ4n) is 0.608. The predicted molar refractivity (Wildman–Crippen MR) is 45.6 cm³/mol. The molecule has 2 N–H and O–H groups in total. The number of nitro groups is 1. The van der Waals surface area contributed by atoms with Crippen molar-refractivity contribution in [2.75, 3.05) is 19.8 Å². The van der Waals surface area contributed by atoms with E-state index in [4.69, 9.17) is 14.9 Å². The molecular formula is C7H13NO6. The Morgan fingerprint density at radius 2 is 2.21 bits per heavy atom. The number of carboxylic acid groups (broad SMARTS) is 1. The van der Waals surface area contributed by atoms with Crippen LogP contribution in [0, 0.1) is 10.1 Å². The Kier molecular flexibility index (Phi) is 5.03. The SMILES string of the molecule is CC(CO)(COCCC(=O)O)[N+](=O)[O-]. The van der Waals surface area contributed by atoms with Gasteiger partial charge in [0, 0.05) is 11.8 Å². The van der Waals surface area contributed by atoms with Crippen LogP contribution in [0.5, 0.6) is 0 Å². The minimum atomic E-state index is -1.56. The summed E-state index contributed by atoms with van der Waals surface area (Å²) in [5.74, 6) is -1.03. The molecule has 0 aliphatic heterocycles. The first-order valence-electron chi connectivity index (χ1n) is 3.97. The average Bonchev–Trinajstić information content (AvgIpc) is 2.11. The molecule has 0 radical (unpaired) electrons. The first-order chi connectivity index (χ1) is 6.42. The van der Waals surface area contributed by atoms with Gasteiger partial charge in [0.15, 0.2) is 0 Å². The molecule has 0 spiro atoms. The number of aliphatic carboxylic acids is 1. The molecule has 0 amide bonds. The number of hydrogen-bond acceptors (Lipinski definition) is 5. The van der Waals surface area contributed by atoms with Gasteiger partial charge in [0.05, 0.1) is 13.0 Å². The van der Waals surface area contributed by atoms with Gasteiger partial charge < -0.3 is 14.9 Å². The first kappa shape index (κ1) is 12.8. The molecule has 14 heavy (non-hydrogen) atoms. The van der Waals surface area contributed by atoms with E-state index in [2.05, 4.69) is 0 Å². The summed E-state index contributed by atoms with van der Waals surface area (Å²) in [5, 5.41) is 27.4. The molecule has 0 bridgehead atoms. The summed E-state index contributed by atoms with van der Waals surface area (Å²) in [6.45, 7) is 0.184. The molecule has 0 rings (SSSR count). The summed E-state index contributed by atoms with van der Waals surface area (Å²) >= 11 is 0. The molecule has 7 heteroatoms. The van der Waals surface area contributed by atoms with Gasteiger partial charge in [-0.3, -0.25) is 14.9 Å². The highest BCUT2D eigenvalue weighted by atomic mass is 16.6. The van der Waals surface area contributed by atoms with Crippen molar-refractivity contribution >= 4 is 5.97 Å². The summed E-state index contributed by atoms with van der Waals surface area (Å²) in [7, 11) is 0. The van der Waals surface area contributed by atoms with E-state index in [0.29, 0.717) is 0 Å². The summed E-state index contributed by atoms with van der Waals surface area (Å²) in [5.41, 5.74) is -1.56. The van der Waals surface area contributed by atoms with Gasteiger partial charge in [0.1, 0.15) is 13.2 Å². The molecule has 0 aromatic carbocycles. The van der Waals surface area contributed by atoms with E-state index in [-0.39, 0.29) is 19.6 Å². The molecule has 0 aliphatic rings. The number of ether oxygens (including phenoxy) is 1. The number of carbonyl (C=O) groups is 1. The fourth-order valence-corrected chi connectivity index (χ4v) is 0.608. The van der Waals surface area contributed by atoms with Crippen LogP contribution in [0.4, 0.5) is 0 Å². The maximum atomic E-state index is 10.4. The van der Waals surface area contributed by atoms with Crippen molar-refractivity contribution in [1.29, 1.82) is 0 Å². The van der Waals surface area contributed by atoms with Crippen molar-refractivity contribution in [2.24, 2.45) is 0 Å². The molecule has 0 aromatic rings. The van der Waals surface area contributed by atoms with E-state index >= 15 is 0 Å². The molecule has 0 saturated carbocycles. The Morgan fingerprint density at radius 1 is 1.64 bits per heavy atom. The van der Waals surface area contributed by atoms with Gasteiger partial charge in [0.2, 0.25) is 0 Å². The monoisotopic (exact) mass is 207 g/mol. The van der Waals surface area contributed by atoms with Crippen molar-refractivity contribution in [3.8, 4) is 0 Å². The number of nitrogens with zero attached hydrogens (tertiary/aromatic N) is 1. The van der Waals surface area contributed by atoms with E-state index < -0.39 is 23.0 Å². The number of rotatable bonds is 7. The van der Waals surface area contributed by atoms with Crippen molar-refractivity contribution in [2.45, 2.75) is 18.9 Å². The third-order valence-electron chi connectivity index (χ3n) is 1.65. The maximum absolute atomic E-state index is 10.4. The van der Waals surface area contributed by atoms with Crippen LogP contribution in [0.15, 0.2) is 0 Å². The van der Waals surface area contributed by atoms with Gasteiger partial charge in [-0.2, -0.15) is 0 Å². The van der Waals surface area contributed by atoms with E-state index in [1.165, 1.54) is 6.92 Å². The lowest BCUT2D eigenvalue weighted by atomic mass is 10.1. The normalized spacial score (nSPS) is 14.7. The van der Waals surface area contributed by atoms with Crippen molar-refractivity contribution in [1.82, 2.24) is 0 Å². The van der Waals surface area contributed by atoms with E-state index in [1.807, 2.05) is 0 Å². The minimum absolute atomic E-state index is 0.0984. The molecule has 82 valence electrons. The van der Waals surface area contributed by atoms with Crippen molar-refractivity contribution in [3.63, 3.8) is 0 Å². The molecule has 7 nitrogen and oxygen atoms in total. The highest BCUT2D eigenvalue weighted by Gasteiger charge is 2.36. The van der Waals surface area contributed by atoms with Crippen LogP contribution in [0.1, 0.15) is 13.3 Å². The predicted octanol–water partition coefficient (Wildman–Crippen LogP) is -0.495. The van der Waals surface area contributed by atoms with E-state index in [9.17, 15) is 14.9 Å². The second-order valence-electron chi connectivity index (χ2n) is 3.11. The van der Waals surface area contributed by atoms with Gasteiger partial charge in [-0.15, -0.1) is 0 Å². The third-order valence-corrected chi connectivity index (χ3v) is 1.65. The van der Waals surface area contributed by atoms with Crippen LogP contribution in [0.2, 0.25) is 0 Å². The summed E-state index contributed by atoms with van der Waals surface area (Å²) in [6.07, 6.45) is -0.209. The van der Waals surface area contributed by atoms with Gasteiger partial charge in [-0.25, -0.2) is 0 Å². The largest absolute Gasteiger partial charge is 0.481 e. The minimum Gasteiger partial charge on any atom is -0.481 e. The fraction of sp³-hybridized carbons (Fsp3) is 0.857. The van der Waals surface area contributed by atoms with Crippen molar-refractivity contribution < 1.29 is 24.7 Å². The summed E-state index contributed by atoms with van der Waals surface area (Å²) in [4.78, 5) is 19.8. The molecule has 0 fully saturated rings. The standard InChI is InChI=1S/C7H13NO6/c1-7(4-9,8(12)13)5-14-3-2-6(10)11/h9H,2-5H2,1H3,(H,10,11). The first-order valence-corrected chi connectivity index (χ1v) is 3.97. The van der Waals surface area contributed by atoms with Crippen molar-refractivity contribution in [3.05, 3.63) is 10.1 Å². The molecule has 1 atom stereocenters. The third kappa shape index (κ3) is 4.15. The Balaban J connectivity index is 3.85. The quantitative estimate of drug-likeness (QED) is 0.331. The second kappa shape index (κ2) is 5.51. The van der Waals surface area contributed by atoms with Crippen LogP contribution in [-0.2, 0) is 9.53 Å². The summed E-state index contributed by atoms with van der Waals surface area (Å²) < 4.78 is 4.78. The lowest BCUT2D eigenvalue weighted by Crippen LogP contribution is -2.43. The van der Waals surface area contributed by atoms with Crippen LogP contribution in [0.3, 0.4) is 0 Å². The highest BCUT2D eigenvalue weighted by molar-refractivity contribution is 5.66. The van der Waals surface area contributed by atoms with Gasteiger partial charge in [-0.05, 0) is 0 Å². The zero-order valence-corrected chi connectivity index (χ0v) is 7.80. The molecular weight excluding hydrogens is 194 g/mol. The second-order valence-corrected chi connectivity index (χ2v) is 3.11. The van der Waals surface area contributed by atoms with Crippen LogP contribution in [0.25, 0.3) is 0 Å². The van der Waals surface area contributed by atoms with E-state index in [1.54, 1.807) is 0 Å². The average molecular weight is 207 g/mol. The molecule has 1 unspecified atom stereocenters. The lowest BCUT2D eigenvalue weighted by molar-refractivity contribution is -0.573. The number of hydrogen-bond donors (Lipinski definition) is 2. The topological polar surface area (TPSA) is 110 Å². The molecule has 0 heterocycles. The van der Waals surface area contributed by atoms with Gasteiger partial charge in [-0.1, -0.05) is 0 Å². The van der Waals surface area contributed by atoms with Crippen LogP contribution in [-0.4, -0.2) is 46.5 Å². The molecule has 0 aromatic heterocycles. The summed E-state index contributed by atoms with van der Waals surface area (Å²) in [6, 6.07) is 0. The Morgan fingerprint density at radius 3 is 2.57 bits per heavy atom. The highest BCUT2D eigenvalue weighted by Crippen LogP contribution is 2.08. The van der Waals surface area contributed by atoms with E-state index in [0.717, 1.165) is 0 Å². The lowest BCUT2D eigenvalue weighted by Gasteiger charge is -2.17. The number of carboxylic acids is 1. The molecule has 0 saturated heterocycles. The zero-order chi connectivity index (χ0) is 11.2. The Labute approximate surface area is 80.4 Å². The zero-order valence-electron chi connectivity index (χ0n) is 7.80. The van der Waals surface area contributed by atoms with Crippen LogP contribution < -0.4 is 0 Å². The maximum Gasteiger partial charge on any atom is 0.305 e. The van der Waals surface area contributed by atoms with Crippen LogP contribution >= 0.6 is 0 Å².